The molecule has 2 aromatic heterocycles. The molecule has 0 saturated carbocycles. The zero-order valence-electron chi connectivity index (χ0n) is 7.36. The maximum atomic E-state index is 4.20. The van der Waals surface area contributed by atoms with Crippen molar-refractivity contribution in [2.75, 3.05) is 7.05 Å². The second-order valence-electron chi connectivity index (χ2n) is 2.60. The average Bonchev–Trinajstić information content (AvgIpc) is 2.63. The SMILES string of the molecule is C=Cn1c(=NC)cnc2[nH]ccc21. The second kappa shape index (κ2) is 2.90. The molecule has 0 unspecified atom stereocenters. The molecule has 0 bridgehead atoms. The Morgan fingerprint density at radius 2 is 2.54 bits per heavy atom. The molecular weight excluding hydrogens is 164 g/mol. The minimum atomic E-state index is 0.794. The van der Waals surface area contributed by atoms with Gasteiger partial charge in [-0.15, -0.1) is 0 Å². The Morgan fingerprint density at radius 3 is 3.23 bits per heavy atom. The lowest BCUT2D eigenvalue weighted by Gasteiger charge is -2.00. The minimum absolute atomic E-state index is 0.794. The van der Waals surface area contributed by atoms with Gasteiger partial charge >= 0.3 is 0 Å². The summed E-state index contributed by atoms with van der Waals surface area (Å²) < 4.78 is 1.89. The molecule has 4 nitrogen and oxygen atoms in total. The molecule has 0 aromatic carbocycles. The van der Waals surface area contributed by atoms with E-state index in [1.54, 1.807) is 19.4 Å². The summed E-state index contributed by atoms with van der Waals surface area (Å²) in [7, 11) is 1.73. The highest BCUT2D eigenvalue weighted by Gasteiger charge is 1.99. The summed E-state index contributed by atoms with van der Waals surface area (Å²) in [6.45, 7) is 3.73. The van der Waals surface area contributed by atoms with E-state index in [0.29, 0.717) is 0 Å². The Kier molecular flexibility index (Phi) is 1.73. The molecule has 0 aliphatic carbocycles. The fourth-order valence-electron chi connectivity index (χ4n) is 1.32. The molecule has 0 radical (unpaired) electrons. The molecule has 13 heavy (non-hydrogen) atoms. The first kappa shape index (κ1) is 7.79. The average molecular weight is 174 g/mol. The van der Waals surface area contributed by atoms with E-state index in [1.165, 1.54) is 0 Å². The predicted octanol–water partition coefficient (Wildman–Crippen LogP) is 0.995. The van der Waals surface area contributed by atoms with Crippen molar-refractivity contribution in [1.29, 1.82) is 0 Å². The van der Waals surface area contributed by atoms with Gasteiger partial charge in [-0.25, -0.2) is 4.98 Å². The highest BCUT2D eigenvalue weighted by atomic mass is 15.0. The first-order valence-corrected chi connectivity index (χ1v) is 3.97. The molecule has 2 rings (SSSR count). The third-order valence-corrected chi connectivity index (χ3v) is 1.93. The normalized spacial score (nSPS) is 12.2. The molecule has 0 atom stereocenters. The molecule has 0 saturated heterocycles. The molecule has 1 N–H and O–H groups in total. The van der Waals surface area contributed by atoms with E-state index in [9.17, 15) is 0 Å². The van der Waals surface area contributed by atoms with Crippen LogP contribution in [0.1, 0.15) is 0 Å². The lowest BCUT2D eigenvalue weighted by Crippen LogP contribution is -2.16. The molecule has 2 aromatic rings. The molecule has 0 amide bonds. The zero-order chi connectivity index (χ0) is 9.26. The van der Waals surface area contributed by atoms with E-state index in [-0.39, 0.29) is 0 Å². The Morgan fingerprint density at radius 1 is 1.69 bits per heavy atom. The largest absolute Gasteiger partial charge is 0.345 e. The molecule has 2 heterocycles. The van der Waals surface area contributed by atoms with Crippen LogP contribution in [0.5, 0.6) is 0 Å². The van der Waals surface area contributed by atoms with Crippen LogP contribution in [0.25, 0.3) is 17.4 Å². The Balaban J connectivity index is 2.98. The Hall–Kier alpha value is -1.84. The van der Waals surface area contributed by atoms with Crippen molar-refractivity contribution < 1.29 is 0 Å². The summed E-state index contributed by atoms with van der Waals surface area (Å²) in [4.78, 5) is 11.3. The van der Waals surface area contributed by atoms with Gasteiger partial charge in [0.1, 0.15) is 0 Å². The first-order valence-electron chi connectivity index (χ1n) is 3.97. The van der Waals surface area contributed by atoms with E-state index in [4.69, 9.17) is 0 Å². The maximum Gasteiger partial charge on any atom is 0.154 e. The van der Waals surface area contributed by atoms with Crippen molar-refractivity contribution >= 4 is 17.4 Å². The van der Waals surface area contributed by atoms with Gasteiger partial charge in [0.25, 0.3) is 0 Å². The van der Waals surface area contributed by atoms with Crippen LogP contribution >= 0.6 is 0 Å². The van der Waals surface area contributed by atoms with Crippen LogP contribution in [0.2, 0.25) is 0 Å². The van der Waals surface area contributed by atoms with E-state index in [2.05, 4.69) is 21.5 Å². The van der Waals surface area contributed by atoms with E-state index < -0.39 is 0 Å². The fraction of sp³-hybridized carbons (Fsp3) is 0.111. The third-order valence-electron chi connectivity index (χ3n) is 1.93. The molecule has 66 valence electrons. The van der Waals surface area contributed by atoms with Crippen molar-refractivity contribution in [1.82, 2.24) is 14.5 Å². The fourth-order valence-corrected chi connectivity index (χ4v) is 1.32. The summed E-state index contributed by atoms with van der Waals surface area (Å²) in [5.74, 6) is 0. The van der Waals surface area contributed by atoms with Crippen LogP contribution < -0.4 is 5.49 Å². The molecule has 0 aliphatic heterocycles. The number of aromatic amines is 1. The van der Waals surface area contributed by atoms with Gasteiger partial charge in [-0.2, -0.15) is 0 Å². The molecule has 0 aliphatic rings. The highest BCUT2D eigenvalue weighted by molar-refractivity contribution is 5.72. The first-order chi connectivity index (χ1) is 6.36. The molecule has 0 fully saturated rings. The molecule has 0 spiro atoms. The van der Waals surface area contributed by atoms with Crippen molar-refractivity contribution in [3.63, 3.8) is 0 Å². The molecular formula is C9H10N4. The van der Waals surface area contributed by atoms with Crippen molar-refractivity contribution in [2.24, 2.45) is 4.99 Å². The number of rotatable bonds is 1. The highest BCUT2D eigenvalue weighted by Crippen LogP contribution is 2.05. The van der Waals surface area contributed by atoms with Crippen LogP contribution in [0.15, 0.2) is 30.0 Å². The van der Waals surface area contributed by atoms with Crippen molar-refractivity contribution in [2.45, 2.75) is 0 Å². The number of hydrogen-bond acceptors (Lipinski definition) is 2. The number of fused-ring (bicyclic) bond motifs is 1. The van der Waals surface area contributed by atoms with Gasteiger partial charge in [0.05, 0.1) is 11.7 Å². The summed E-state index contributed by atoms with van der Waals surface area (Å²) >= 11 is 0. The van der Waals surface area contributed by atoms with Crippen LogP contribution in [-0.2, 0) is 0 Å². The monoisotopic (exact) mass is 174 g/mol. The third kappa shape index (κ3) is 1.07. The lowest BCUT2D eigenvalue weighted by atomic mass is 10.5. The number of H-pyrrole nitrogens is 1. The Labute approximate surface area is 75.3 Å². The lowest BCUT2D eigenvalue weighted by molar-refractivity contribution is 1.01. The number of hydrogen-bond donors (Lipinski definition) is 1. The number of nitrogens with one attached hydrogen (secondary N) is 1. The van der Waals surface area contributed by atoms with E-state index in [1.807, 2.05) is 16.8 Å². The van der Waals surface area contributed by atoms with Crippen molar-refractivity contribution in [3.05, 3.63) is 30.5 Å². The quantitative estimate of drug-likeness (QED) is 0.688. The van der Waals surface area contributed by atoms with Gasteiger partial charge in [0.15, 0.2) is 11.1 Å². The van der Waals surface area contributed by atoms with Crippen LogP contribution in [-0.4, -0.2) is 21.6 Å². The standard InChI is InChI=1S/C9H10N4/c1-3-13-7-4-5-11-9(7)12-6-8(13)10-2/h3-6,11H,1H2,2H3. The minimum Gasteiger partial charge on any atom is -0.345 e. The summed E-state index contributed by atoms with van der Waals surface area (Å²) in [5, 5.41) is 0. The number of nitrogens with zero attached hydrogens (tertiary/aromatic N) is 3. The van der Waals surface area contributed by atoms with Gasteiger partial charge in [0, 0.05) is 19.4 Å². The van der Waals surface area contributed by atoms with E-state index in [0.717, 1.165) is 16.7 Å². The van der Waals surface area contributed by atoms with Crippen LogP contribution in [0.4, 0.5) is 0 Å². The second-order valence-corrected chi connectivity index (χ2v) is 2.60. The summed E-state index contributed by atoms with van der Waals surface area (Å²) in [6, 6.07) is 1.94. The number of aromatic nitrogens is 3. The van der Waals surface area contributed by atoms with Crippen molar-refractivity contribution in [3.8, 4) is 0 Å². The maximum absolute atomic E-state index is 4.20. The zero-order valence-corrected chi connectivity index (χ0v) is 7.36. The predicted molar refractivity (Wildman–Crippen MR) is 52.0 cm³/mol. The van der Waals surface area contributed by atoms with Gasteiger partial charge in [-0.05, 0) is 6.07 Å². The van der Waals surface area contributed by atoms with Crippen LogP contribution in [0, 0.1) is 0 Å². The van der Waals surface area contributed by atoms with Crippen LogP contribution in [0.3, 0.4) is 0 Å². The summed E-state index contributed by atoms with van der Waals surface area (Å²) in [5.41, 5.74) is 2.62. The summed E-state index contributed by atoms with van der Waals surface area (Å²) in [6.07, 6.45) is 5.28. The van der Waals surface area contributed by atoms with Gasteiger partial charge in [-0.3, -0.25) is 9.56 Å². The molecule has 4 heteroatoms. The smallest absolute Gasteiger partial charge is 0.154 e. The topological polar surface area (TPSA) is 46.0 Å². The van der Waals surface area contributed by atoms with Gasteiger partial charge in [0.2, 0.25) is 0 Å². The van der Waals surface area contributed by atoms with Gasteiger partial charge < -0.3 is 4.98 Å². The Bertz CT molecular complexity index is 504. The van der Waals surface area contributed by atoms with E-state index >= 15 is 0 Å². The van der Waals surface area contributed by atoms with Gasteiger partial charge in [-0.1, -0.05) is 6.58 Å².